The standard InChI is InChI=1S/C18H27N3O3/c1-14(2)13-24-9-5-8-20-18(23)15-10-17(22)21(11-15)12-16-6-3-4-7-19-16/h3-4,6-7,14-15H,5,8-13H2,1-2H3,(H,20,23). The van der Waals surface area contributed by atoms with Gasteiger partial charge < -0.3 is 15.0 Å². The number of hydrogen-bond donors (Lipinski definition) is 1. The first-order valence-corrected chi connectivity index (χ1v) is 8.59. The van der Waals surface area contributed by atoms with Crippen LogP contribution in [0.2, 0.25) is 0 Å². The van der Waals surface area contributed by atoms with Crippen molar-refractivity contribution in [2.75, 3.05) is 26.3 Å². The van der Waals surface area contributed by atoms with E-state index in [1.54, 1.807) is 11.1 Å². The molecular weight excluding hydrogens is 306 g/mol. The smallest absolute Gasteiger partial charge is 0.225 e. The maximum Gasteiger partial charge on any atom is 0.225 e. The normalized spacial score (nSPS) is 17.5. The molecule has 1 aromatic heterocycles. The van der Waals surface area contributed by atoms with Crippen molar-refractivity contribution in [1.29, 1.82) is 0 Å². The van der Waals surface area contributed by atoms with Gasteiger partial charge in [0, 0.05) is 38.9 Å². The molecule has 0 radical (unpaired) electrons. The highest BCUT2D eigenvalue weighted by Crippen LogP contribution is 2.19. The van der Waals surface area contributed by atoms with Crippen LogP contribution in [0.5, 0.6) is 0 Å². The fourth-order valence-corrected chi connectivity index (χ4v) is 2.64. The van der Waals surface area contributed by atoms with Crippen LogP contribution in [0.4, 0.5) is 0 Å². The molecule has 1 atom stereocenters. The summed E-state index contributed by atoms with van der Waals surface area (Å²) < 4.78 is 5.48. The van der Waals surface area contributed by atoms with Crippen molar-refractivity contribution in [3.63, 3.8) is 0 Å². The summed E-state index contributed by atoms with van der Waals surface area (Å²) in [7, 11) is 0. The number of amides is 2. The van der Waals surface area contributed by atoms with E-state index in [9.17, 15) is 9.59 Å². The van der Waals surface area contributed by atoms with Crippen molar-refractivity contribution in [3.05, 3.63) is 30.1 Å². The van der Waals surface area contributed by atoms with E-state index in [2.05, 4.69) is 24.1 Å². The van der Waals surface area contributed by atoms with E-state index >= 15 is 0 Å². The Kier molecular flexibility index (Phi) is 7.18. The second-order valence-corrected chi connectivity index (χ2v) is 6.61. The average Bonchev–Trinajstić information content (AvgIpc) is 2.92. The first-order chi connectivity index (χ1) is 11.6. The molecule has 2 amide bonds. The molecule has 2 rings (SSSR count). The summed E-state index contributed by atoms with van der Waals surface area (Å²) in [6, 6.07) is 5.63. The van der Waals surface area contributed by atoms with Crippen LogP contribution in [-0.4, -0.2) is 48.0 Å². The van der Waals surface area contributed by atoms with Crippen molar-refractivity contribution in [2.45, 2.75) is 33.2 Å². The predicted octanol–water partition coefficient (Wildman–Crippen LogP) is 1.61. The number of nitrogens with one attached hydrogen (secondary N) is 1. The molecule has 2 heterocycles. The van der Waals surface area contributed by atoms with E-state index in [4.69, 9.17) is 4.74 Å². The van der Waals surface area contributed by atoms with Crippen LogP contribution < -0.4 is 5.32 Å². The molecule has 1 fully saturated rings. The van der Waals surface area contributed by atoms with Gasteiger partial charge in [-0.15, -0.1) is 0 Å². The lowest BCUT2D eigenvalue weighted by molar-refractivity contribution is -0.129. The highest BCUT2D eigenvalue weighted by Gasteiger charge is 2.34. The monoisotopic (exact) mass is 333 g/mol. The second-order valence-electron chi connectivity index (χ2n) is 6.61. The Morgan fingerprint density at radius 3 is 3.00 bits per heavy atom. The topological polar surface area (TPSA) is 71.5 Å². The quantitative estimate of drug-likeness (QED) is 0.697. The molecule has 1 saturated heterocycles. The Morgan fingerprint density at radius 1 is 1.46 bits per heavy atom. The van der Waals surface area contributed by atoms with E-state index in [0.717, 1.165) is 18.7 Å². The van der Waals surface area contributed by atoms with Gasteiger partial charge in [-0.05, 0) is 24.5 Å². The summed E-state index contributed by atoms with van der Waals surface area (Å²) in [5, 5.41) is 2.90. The maximum atomic E-state index is 12.2. The molecule has 1 unspecified atom stereocenters. The molecule has 24 heavy (non-hydrogen) atoms. The van der Waals surface area contributed by atoms with Crippen molar-refractivity contribution < 1.29 is 14.3 Å². The van der Waals surface area contributed by atoms with E-state index in [1.807, 2.05) is 18.2 Å². The molecule has 0 bridgehead atoms. The predicted molar refractivity (Wildman–Crippen MR) is 91.0 cm³/mol. The Bertz CT molecular complexity index is 534. The van der Waals surface area contributed by atoms with Gasteiger partial charge in [-0.2, -0.15) is 0 Å². The third kappa shape index (κ3) is 5.92. The Labute approximate surface area is 143 Å². The molecule has 6 heteroatoms. The minimum Gasteiger partial charge on any atom is -0.381 e. The molecule has 132 valence electrons. The molecule has 1 aliphatic heterocycles. The number of rotatable bonds is 9. The third-order valence-corrected chi connectivity index (χ3v) is 3.88. The molecule has 6 nitrogen and oxygen atoms in total. The first kappa shape index (κ1) is 18.4. The SMILES string of the molecule is CC(C)COCCCNC(=O)C1CC(=O)N(Cc2ccccn2)C1. The van der Waals surface area contributed by atoms with Gasteiger partial charge in [0.2, 0.25) is 11.8 Å². The molecule has 1 N–H and O–H groups in total. The second kappa shape index (κ2) is 9.37. The lowest BCUT2D eigenvalue weighted by Crippen LogP contribution is -2.33. The molecule has 0 aromatic carbocycles. The molecule has 1 aromatic rings. The minimum atomic E-state index is -0.266. The zero-order valence-corrected chi connectivity index (χ0v) is 14.5. The van der Waals surface area contributed by atoms with Crippen molar-refractivity contribution in [2.24, 2.45) is 11.8 Å². The van der Waals surface area contributed by atoms with Crippen LogP contribution >= 0.6 is 0 Å². The Balaban J connectivity index is 1.67. The van der Waals surface area contributed by atoms with Gasteiger partial charge >= 0.3 is 0 Å². The van der Waals surface area contributed by atoms with Crippen LogP contribution in [0.1, 0.15) is 32.4 Å². The Hall–Kier alpha value is -1.95. The summed E-state index contributed by atoms with van der Waals surface area (Å²) in [4.78, 5) is 30.2. The van der Waals surface area contributed by atoms with Gasteiger partial charge in [-0.1, -0.05) is 19.9 Å². The number of ether oxygens (including phenoxy) is 1. The molecular formula is C18H27N3O3. The van der Waals surface area contributed by atoms with E-state index < -0.39 is 0 Å². The first-order valence-electron chi connectivity index (χ1n) is 8.59. The molecule has 0 aliphatic carbocycles. The maximum absolute atomic E-state index is 12.2. The summed E-state index contributed by atoms with van der Waals surface area (Å²) >= 11 is 0. The van der Waals surface area contributed by atoms with Gasteiger partial charge in [0.25, 0.3) is 0 Å². The van der Waals surface area contributed by atoms with E-state index in [0.29, 0.717) is 32.2 Å². The molecule has 1 aliphatic rings. The summed E-state index contributed by atoms with van der Waals surface area (Å²) in [5.41, 5.74) is 0.842. The highest BCUT2D eigenvalue weighted by atomic mass is 16.5. The number of carbonyl (C=O) groups is 2. The molecule has 0 saturated carbocycles. The van der Waals surface area contributed by atoms with Crippen LogP contribution in [0.15, 0.2) is 24.4 Å². The van der Waals surface area contributed by atoms with Crippen molar-refractivity contribution in [3.8, 4) is 0 Å². The van der Waals surface area contributed by atoms with Crippen molar-refractivity contribution in [1.82, 2.24) is 15.2 Å². The Morgan fingerprint density at radius 2 is 2.29 bits per heavy atom. The number of aromatic nitrogens is 1. The van der Waals surface area contributed by atoms with Gasteiger partial charge in [0.15, 0.2) is 0 Å². The lowest BCUT2D eigenvalue weighted by Gasteiger charge is -2.16. The minimum absolute atomic E-state index is 0.0149. The van der Waals surface area contributed by atoms with E-state index in [1.165, 1.54) is 0 Å². The van der Waals surface area contributed by atoms with Gasteiger partial charge in [-0.25, -0.2) is 0 Å². The van der Waals surface area contributed by atoms with Gasteiger partial charge in [-0.3, -0.25) is 14.6 Å². The largest absolute Gasteiger partial charge is 0.381 e. The zero-order chi connectivity index (χ0) is 17.4. The van der Waals surface area contributed by atoms with Gasteiger partial charge in [0.1, 0.15) is 0 Å². The van der Waals surface area contributed by atoms with Crippen LogP contribution in [-0.2, 0) is 20.9 Å². The number of nitrogens with zero attached hydrogens (tertiary/aromatic N) is 2. The summed E-state index contributed by atoms with van der Waals surface area (Å²) in [5.74, 6) is 0.226. The fraction of sp³-hybridized carbons (Fsp3) is 0.611. The number of pyridine rings is 1. The number of hydrogen-bond acceptors (Lipinski definition) is 4. The summed E-state index contributed by atoms with van der Waals surface area (Å²) in [6.45, 7) is 7.12. The third-order valence-electron chi connectivity index (χ3n) is 3.88. The van der Waals surface area contributed by atoms with E-state index in [-0.39, 0.29) is 24.2 Å². The van der Waals surface area contributed by atoms with Crippen LogP contribution in [0.25, 0.3) is 0 Å². The van der Waals surface area contributed by atoms with Crippen LogP contribution in [0.3, 0.4) is 0 Å². The number of carbonyl (C=O) groups excluding carboxylic acids is 2. The summed E-state index contributed by atoms with van der Waals surface area (Å²) in [6.07, 6.45) is 2.78. The average molecular weight is 333 g/mol. The molecule has 0 spiro atoms. The lowest BCUT2D eigenvalue weighted by atomic mass is 10.1. The highest BCUT2D eigenvalue weighted by molar-refractivity contribution is 5.89. The van der Waals surface area contributed by atoms with Gasteiger partial charge in [0.05, 0.1) is 18.2 Å². The fourth-order valence-electron chi connectivity index (χ4n) is 2.64. The van der Waals surface area contributed by atoms with Crippen LogP contribution in [0, 0.1) is 11.8 Å². The zero-order valence-electron chi connectivity index (χ0n) is 14.5. The number of likely N-dealkylation sites (tertiary alicyclic amines) is 1. The van der Waals surface area contributed by atoms with Crippen molar-refractivity contribution >= 4 is 11.8 Å².